The standard InChI is InChI=1S/C12H17ClN2O/c1-2-6-12(16)8-15(9-12)7-10-4-3-5-11(13)14-10/h3-5,16H,2,6-9H2,1H3. The van der Waals surface area contributed by atoms with Crippen LogP contribution in [0.1, 0.15) is 25.5 Å². The number of nitrogens with zero attached hydrogens (tertiary/aromatic N) is 2. The number of aliphatic hydroxyl groups is 1. The van der Waals surface area contributed by atoms with Gasteiger partial charge in [-0.15, -0.1) is 0 Å². The zero-order valence-electron chi connectivity index (χ0n) is 9.49. The Labute approximate surface area is 101 Å². The first-order chi connectivity index (χ1) is 7.61. The van der Waals surface area contributed by atoms with Crippen LogP contribution in [0.2, 0.25) is 5.15 Å². The van der Waals surface area contributed by atoms with Crippen LogP contribution in [0, 0.1) is 0 Å². The van der Waals surface area contributed by atoms with E-state index in [1.807, 2.05) is 12.1 Å². The van der Waals surface area contributed by atoms with E-state index in [2.05, 4.69) is 16.8 Å². The summed E-state index contributed by atoms with van der Waals surface area (Å²) < 4.78 is 0. The van der Waals surface area contributed by atoms with E-state index >= 15 is 0 Å². The zero-order valence-corrected chi connectivity index (χ0v) is 10.2. The third-order valence-corrected chi connectivity index (χ3v) is 3.12. The van der Waals surface area contributed by atoms with E-state index in [1.54, 1.807) is 6.07 Å². The van der Waals surface area contributed by atoms with Gasteiger partial charge in [-0.2, -0.15) is 0 Å². The summed E-state index contributed by atoms with van der Waals surface area (Å²) in [5.41, 5.74) is 0.499. The van der Waals surface area contributed by atoms with Gasteiger partial charge in [0.05, 0.1) is 11.3 Å². The summed E-state index contributed by atoms with van der Waals surface area (Å²) in [6.07, 6.45) is 1.91. The van der Waals surface area contributed by atoms with Crippen molar-refractivity contribution in [1.29, 1.82) is 0 Å². The Kier molecular flexibility index (Phi) is 3.47. The van der Waals surface area contributed by atoms with Crippen molar-refractivity contribution in [1.82, 2.24) is 9.88 Å². The van der Waals surface area contributed by atoms with Crippen molar-refractivity contribution in [3.05, 3.63) is 29.0 Å². The van der Waals surface area contributed by atoms with Gasteiger partial charge in [-0.1, -0.05) is 31.0 Å². The Morgan fingerprint density at radius 2 is 2.25 bits per heavy atom. The minimum atomic E-state index is -0.465. The Balaban J connectivity index is 1.85. The molecule has 0 bridgehead atoms. The second kappa shape index (κ2) is 4.70. The molecule has 1 aromatic rings. The minimum absolute atomic E-state index is 0.465. The summed E-state index contributed by atoms with van der Waals surface area (Å²) in [7, 11) is 0. The minimum Gasteiger partial charge on any atom is -0.387 e. The molecule has 2 heterocycles. The van der Waals surface area contributed by atoms with E-state index in [0.29, 0.717) is 5.15 Å². The average molecular weight is 241 g/mol. The lowest BCUT2D eigenvalue weighted by atomic mass is 9.89. The molecule has 1 aliphatic heterocycles. The highest BCUT2D eigenvalue weighted by Crippen LogP contribution is 2.26. The number of halogens is 1. The van der Waals surface area contributed by atoms with Gasteiger partial charge in [0, 0.05) is 19.6 Å². The van der Waals surface area contributed by atoms with Crippen LogP contribution in [-0.4, -0.2) is 33.7 Å². The molecule has 0 radical (unpaired) electrons. The molecule has 1 saturated heterocycles. The Morgan fingerprint density at radius 1 is 1.50 bits per heavy atom. The Bertz CT molecular complexity index is 364. The molecule has 16 heavy (non-hydrogen) atoms. The SMILES string of the molecule is CCCC1(O)CN(Cc2cccc(Cl)n2)C1. The smallest absolute Gasteiger partial charge is 0.129 e. The number of hydrogen-bond acceptors (Lipinski definition) is 3. The van der Waals surface area contributed by atoms with Gasteiger partial charge in [0.25, 0.3) is 0 Å². The Morgan fingerprint density at radius 3 is 2.88 bits per heavy atom. The predicted octanol–water partition coefficient (Wildman–Crippen LogP) is 2.08. The normalized spacial score (nSPS) is 19.4. The van der Waals surface area contributed by atoms with E-state index in [0.717, 1.165) is 38.2 Å². The molecule has 3 nitrogen and oxygen atoms in total. The number of pyridine rings is 1. The third kappa shape index (κ3) is 2.73. The fourth-order valence-corrected chi connectivity index (χ4v) is 2.47. The molecule has 0 aromatic carbocycles. The largest absolute Gasteiger partial charge is 0.387 e. The maximum Gasteiger partial charge on any atom is 0.129 e. The van der Waals surface area contributed by atoms with E-state index < -0.39 is 5.60 Å². The van der Waals surface area contributed by atoms with Crippen LogP contribution >= 0.6 is 11.6 Å². The lowest BCUT2D eigenvalue weighted by molar-refractivity contribution is -0.107. The molecule has 2 rings (SSSR count). The van der Waals surface area contributed by atoms with Gasteiger partial charge in [-0.25, -0.2) is 4.98 Å². The van der Waals surface area contributed by atoms with E-state index in [9.17, 15) is 5.11 Å². The average Bonchev–Trinajstić information content (AvgIpc) is 2.15. The molecule has 0 spiro atoms. The second-order valence-electron chi connectivity index (χ2n) is 4.57. The van der Waals surface area contributed by atoms with E-state index in [1.165, 1.54) is 0 Å². The first kappa shape index (κ1) is 11.8. The summed E-state index contributed by atoms with van der Waals surface area (Å²) in [5.74, 6) is 0. The van der Waals surface area contributed by atoms with Crippen molar-refractivity contribution in [3.8, 4) is 0 Å². The highest BCUT2D eigenvalue weighted by molar-refractivity contribution is 6.29. The maximum atomic E-state index is 10.0. The summed E-state index contributed by atoms with van der Waals surface area (Å²) in [6.45, 7) is 4.36. The summed E-state index contributed by atoms with van der Waals surface area (Å²) in [5, 5.41) is 10.6. The van der Waals surface area contributed by atoms with Gasteiger partial charge >= 0.3 is 0 Å². The molecular weight excluding hydrogens is 224 g/mol. The first-order valence-electron chi connectivity index (χ1n) is 5.67. The van der Waals surface area contributed by atoms with Crippen LogP contribution in [0.5, 0.6) is 0 Å². The van der Waals surface area contributed by atoms with Crippen LogP contribution in [0.3, 0.4) is 0 Å². The molecule has 4 heteroatoms. The molecular formula is C12H17ClN2O. The first-order valence-corrected chi connectivity index (χ1v) is 6.05. The van der Waals surface area contributed by atoms with Crippen molar-refractivity contribution in [2.75, 3.05) is 13.1 Å². The fourth-order valence-electron chi connectivity index (χ4n) is 2.29. The number of hydrogen-bond donors (Lipinski definition) is 1. The van der Waals surface area contributed by atoms with Crippen LogP contribution in [0.25, 0.3) is 0 Å². The molecule has 1 N–H and O–H groups in total. The molecule has 0 unspecified atom stereocenters. The molecule has 0 atom stereocenters. The van der Waals surface area contributed by atoms with Gasteiger partial charge in [0.1, 0.15) is 5.15 Å². The van der Waals surface area contributed by atoms with Crippen molar-refractivity contribution in [2.24, 2.45) is 0 Å². The van der Waals surface area contributed by atoms with Gasteiger partial charge in [-0.3, -0.25) is 4.90 Å². The Hall–Kier alpha value is -0.640. The highest BCUT2D eigenvalue weighted by Gasteiger charge is 2.39. The van der Waals surface area contributed by atoms with Crippen LogP contribution in [0.4, 0.5) is 0 Å². The quantitative estimate of drug-likeness (QED) is 0.819. The van der Waals surface area contributed by atoms with Gasteiger partial charge in [0.2, 0.25) is 0 Å². The summed E-state index contributed by atoms with van der Waals surface area (Å²) >= 11 is 5.82. The van der Waals surface area contributed by atoms with Crippen LogP contribution in [-0.2, 0) is 6.54 Å². The van der Waals surface area contributed by atoms with Crippen molar-refractivity contribution in [2.45, 2.75) is 31.9 Å². The zero-order chi connectivity index (χ0) is 11.6. The van der Waals surface area contributed by atoms with Gasteiger partial charge in [-0.05, 0) is 18.6 Å². The van der Waals surface area contributed by atoms with Gasteiger partial charge in [0.15, 0.2) is 0 Å². The lowest BCUT2D eigenvalue weighted by Gasteiger charge is -2.46. The van der Waals surface area contributed by atoms with Crippen molar-refractivity contribution < 1.29 is 5.11 Å². The number of aromatic nitrogens is 1. The molecule has 1 aromatic heterocycles. The van der Waals surface area contributed by atoms with Gasteiger partial charge < -0.3 is 5.11 Å². The molecule has 1 fully saturated rings. The van der Waals surface area contributed by atoms with Crippen LogP contribution < -0.4 is 0 Å². The lowest BCUT2D eigenvalue weighted by Crippen LogP contribution is -2.61. The topological polar surface area (TPSA) is 36.4 Å². The molecule has 0 amide bonds. The molecule has 1 aliphatic rings. The van der Waals surface area contributed by atoms with E-state index in [4.69, 9.17) is 11.6 Å². The second-order valence-corrected chi connectivity index (χ2v) is 4.96. The molecule has 0 aliphatic carbocycles. The van der Waals surface area contributed by atoms with Crippen molar-refractivity contribution in [3.63, 3.8) is 0 Å². The fraction of sp³-hybridized carbons (Fsp3) is 0.583. The third-order valence-electron chi connectivity index (χ3n) is 2.91. The maximum absolute atomic E-state index is 10.0. The number of rotatable bonds is 4. The number of likely N-dealkylation sites (tertiary alicyclic amines) is 1. The van der Waals surface area contributed by atoms with Crippen LogP contribution in [0.15, 0.2) is 18.2 Å². The number of β-amino-alcohol motifs (C(OH)–C–C–N with tert-alkyl or cyclic N) is 1. The summed E-state index contributed by atoms with van der Waals surface area (Å²) in [6, 6.07) is 5.64. The predicted molar refractivity (Wildman–Crippen MR) is 64.4 cm³/mol. The monoisotopic (exact) mass is 240 g/mol. The molecule has 0 saturated carbocycles. The summed E-state index contributed by atoms with van der Waals surface area (Å²) in [4.78, 5) is 6.42. The van der Waals surface area contributed by atoms with Crippen molar-refractivity contribution >= 4 is 11.6 Å². The highest BCUT2D eigenvalue weighted by atomic mass is 35.5. The van der Waals surface area contributed by atoms with E-state index in [-0.39, 0.29) is 0 Å². The molecule has 88 valence electrons.